The Labute approximate surface area is 89.6 Å². The van der Waals surface area contributed by atoms with E-state index in [1.807, 2.05) is 11.8 Å². The van der Waals surface area contributed by atoms with E-state index in [1.165, 1.54) is 0 Å². The average molecular weight is 214 g/mol. The molecule has 1 amide bonds. The highest BCUT2D eigenvalue weighted by atomic mass is 32.2. The summed E-state index contributed by atoms with van der Waals surface area (Å²) in [7, 11) is 0. The number of hydrogen-bond acceptors (Lipinski definition) is 3. The number of carbonyl (C=O) groups excluding carboxylic acids is 1. The van der Waals surface area contributed by atoms with Crippen molar-refractivity contribution in [3.8, 4) is 0 Å². The summed E-state index contributed by atoms with van der Waals surface area (Å²) in [6.07, 6.45) is 2.92. The molecule has 0 aromatic heterocycles. The van der Waals surface area contributed by atoms with E-state index in [9.17, 15) is 4.79 Å². The molecule has 2 saturated heterocycles. The van der Waals surface area contributed by atoms with Gasteiger partial charge in [0, 0.05) is 25.3 Å². The minimum Gasteiger partial charge on any atom is -0.342 e. The van der Waals surface area contributed by atoms with Crippen molar-refractivity contribution in [3.63, 3.8) is 0 Å². The second-order valence-corrected chi connectivity index (χ2v) is 5.55. The highest BCUT2D eigenvalue weighted by Gasteiger charge is 2.38. The molecule has 4 heteroatoms. The number of thioether (sulfide) groups is 1. The lowest BCUT2D eigenvalue weighted by atomic mass is 10.0. The van der Waals surface area contributed by atoms with Gasteiger partial charge in [0.1, 0.15) is 0 Å². The predicted molar refractivity (Wildman–Crippen MR) is 59.3 cm³/mol. The van der Waals surface area contributed by atoms with Crippen LogP contribution < -0.4 is 5.32 Å². The first kappa shape index (κ1) is 10.3. The molecule has 0 unspecified atom stereocenters. The summed E-state index contributed by atoms with van der Waals surface area (Å²) in [5.74, 6) is 1.24. The molecule has 2 aliphatic rings. The van der Waals surface area contributed by atoms with Crippen molar-refractivity contribution in [1.29, 1.82) is 0 Å². The normalized spacial score (nSPS) is 27.6. The molecule has 2 fully saturated rings. The van der Waals surface area contributed by atoms with Crippen molar-refractivity contribution in [2.45, 2.75) is 31.1 Å². The number of amides is 1. The first-order chi connectivity index (χ1) is 6.74. The largest absolute Gasteiger partial charge is 0.342 e. The van der Waals surface area contributed by atoms with Gasteiger partial charge in [0.15, 0.2) is 0 Å². The Hall–Kier alpha value is -0.220. The second kappa shape index (κ2) is 4.11. The van der Waals surface area contributed by atoms with Crippen LogP contribution in [0.1, 0.15) is 26.2 Å². The lowest BCUT2D eigenvalue weighted by molar-refractivity contribution is -0.122. The summed E-state index contributed by atoms with van der Waals surface area (Å²) < 4.78 is 0. The van der Waals surface area contributed by atoms with Crippen LogP contribution in [0.3, 0.4) is 0 Å². The van der Waals surface area contributed by atoms with Crippen LogP contribution >= 0.6 is 11.8 Å². The van der Waals surface area contributed by atoms with Crippen LogP contribution in [-0.2, 0) is 4.79 Å². The van der Waals surface area contributed by atoms with Gasteiger partial charge in [-0.3, -0.25) is 4.79 Å². The maximum atomic E-state index is 11.3. The van der Waals surface area contributed by atoms with E-state index in [0.717, 1.165) is 38.2 Å². The van der Waals surface area contributed by atoms with Gasteiger partial charge in [0.25, 0.3) is 0 Å². The van der Waals surface area contributed by atoms with Crippen LogP contribution in [0.2, 0.25) is 0 Å². The zero-order valence-corrected chi connectivity index (χ0v) is 9.53. The Bertz CT molecular complexity index is 224. The molecular formula is C10H18N2OS. The van der Waals surface area contributed by atoms with Crippen LogP contribution in [0.25, 0.3) is 0 Å². The summed E-state index contributed by atoms with van der Waals surface area (Å²) in [5.41, 5.74) is 0. The van der Waals surface area contributed by atoms with Crippen LogP contribution in [0.5, 0.6) is 0 Å². The molecule has 0 saturated carbocycles. The van der Waals surface area contributed by atoms with Gasteiger partial charge in [0.05, 0.1) is 4.87 Å². The number of hydrogen-bond donors (Lipinski definition) is 1. The molecule has 2 aliphatic heterocycles. The quantitative estimate of drug-likeness (QED) is 0.708. The minimum atomic E-state index is 0.0843. The molecule has 0 bridgehead atoms. The van der Waals surface area contributed by atoms with Crippen LogP contribution in [-0.4, -0.2) is 41.1 Å². The third-order valence-electron chi connectivity index (χ3n) is 3.19. The molecule has 3 nitrogen and oxygen atoms in total. The smallest absolute Gasteiger partial charge is 0.221 e. The number of nitrogens with zero attached hydrogens (tertiary/aromatic N) is 1. The summed E-state index contributed by atoms with van der Waals surface area (Å²) in [5, 5.41) is 3.17. The molecule has 0 aromatic carbocycles. The molecule has 14 heavy (non-hydrogen) atoms. The maximum Gasteiger partial charge on any atom is 0.221 e. The van der Waals surface area contributed by atoms with Crippen molar-refractivity contribution < 1.29 is 4.79 Å². The topological polar surface area (TPSA) is 32.3 Å². The SMILES string of the molecule is CCN1CCC2(CC1)NC(=O)CCS2. The summed E-state index contributed by atoms with van der Waals surface area (Å²) in [4.78, 5) is 13.9. The number of rotatable bonds is 1. The Morgan fingerprint density at radius 2 is 2.21 bits per heavy atom. The van der Waals surface area contributed by atoms with Gasteiger partial charge >= 0.3 is 0 Å². The van der Waals surface area contributed by atoms with Gasteiger partial charge in [-0.05, 0) is 19.4 Å². The zero-order chi connectivity index (χ0) is 10.0. The van der Waals surface area contributed by atoms with E-state index in [4.69, 9.17) is 0 Å². The molecule has 80 valence electrons. The molecule has 1 spiro atoms. The Balaban J connectivity index is 1.94. The summed E-state index contributed by atoms with van der Waals surface area (Å²) in [6.45, 7) is 5.59. The van der Waals surface area contributed by atoms with E-state index in [-0.39, 0.29) is 10.8 Å². The zero-order valence-electron chi connectivity index (χ0n) is 8.71. The Morgan fingerprint density at radius 1 is 1.50 bits per heavy atom. The molecule has 0 radical (unpaired) electrons. The lowest BCUT2D eigenvalue weighted by Crippen LogP contribution is -2.55. The van der Waals surface area contributed by atoms with Gasteiger partial charge in [0.2, 0.25) is 5.91 Å². The van der Waals surface area contributed by atoms with Gasteiger partial charge in [-0.25, -0.2) is 0 Å². The van der Waals surface area contributed by atoms with E-state index in [0.29, 0.717) is 6.42 Å². The molecule has 0 aromatic rings. The minimum absolute atomic E-state index is 0.0843. The van der Waals surface area contributed by atoms with Gasteiger partial charge < -0.3 is 10.2 Å². The number of carbonyl (C=O) groups is 1. The molecule has 0 atom stereocenters. The lowest BCUT2D eigenvalue weighted by Gasteiger charge is -2.43. The molecule has 0 aliphatic carbocycles. The van der Waals surface area contributed by atoms with Crippen LogP contribution in [0, 0.1) is 0 Å². The van der Waals surface area contributed by atoms with Crippen molar-refractivity contribution in [2.75, 3.05) is 25.4 Å². The van der Waals surface area contributed by atoms with Crippen molar-refractivity contribution in [1.82, 2.24) is 10.2 Å². The number of piperidine rings is 1. The van der Waals surface area contributed by atoms with Gasteiger partial charge in [-0.2, -0.15) is 0 Å². The molecular weight excluding hydrogens is 196 g/mol. The Kier molecular flexibility index (Phi) is 3.02. The third-order valence-corrected chi connectivity index (χ3v) is 4.66. The fourth-order valence-corrected chi connectivity index (χ4v) is 3.53. The third kappa shape index (κ3) is 2.06. The van der Waals surface area contributed by atoms with Crippen molar-refractivity contribution in [3.05, 3.63) is 0 Å². The van der Waals surface area contributed by atoms with E-state index in [2.05, 4.69) is 17.1 Å². The van der Waals surface area contributed by atoms with Crippen LogP contribution in [0.15, 0.2) is 0 Å². The van der Waals surface area contributed by atoms with Gasteiger partial charge in [-0.15, -0.1) is 11.8 Å². The Morgan fingerprint density at radius 3 is 2.79 bits per heavy atom. The maximum absolute atomic E-state index is 11.3. The average Bonchev–Trinajstić information content (AvgIpc) is 2.19. The first-order valence-corrected chi connectivity index (χ1v) is 6.40. The fourth-order valence-electron chi connectivity index (χ4n) is 2.19. The highest BCUT2D eigenvalue weighted by molar-refractivity contribution is 8.00. The van der Waals surface area contributed by atoms with Crippen molar-refractivity contribution >= 4 is 17.7 Å². The molecule has 2 rings (SSSR count). The summed E-state index contributed by atoms with van der Waals surface area (Å²) in [6, 6.07) is 0. The van der Waals surface area contributed by atoms with Crippen molar-refractivity contribution in [2.24, 2.45) is 0 Å². The number of likely N-dealkylation sites (tertiary alicyclic amines) is 1. The molecule has 2 heterocycles. The second-order valence-electron chi connectivity index (χ2n) is 4.08. The molecule has 1 N–H and O–H groups in total. The highest BCUT2D eigenvalue weighted by Crippen LogP contribution is 2.36. The summed E-state index contributed by atoms with van der Waals surface area (Å²) >= 11 is 1.94. The van der Waals surface area contributed by atoms with E-state index >= 15 is 0 Å². The number of nitrogens with one attached hydrogen (secondary N) is 1. The van der Waals surface area contributed by atoms with E-state index in [1.54, 1.807) is 0 Å². The predicted octanol–water partition coefficient (Wildman–Crippen LogP) is 1.05. The van der Waals surface area contributed by atoms with Gasteiger partial charge in [-0.1, -0.05) is 6.92 Å². The van der Waals surface area contributed by atoms with Crippen LogP contribution in [0.4, 0.5) is 0 Å². The van der Waals surface area contributed by atoms with E-state index < -0.39 is 0 Å². The first-order valence-electron chi connectivity index (χ1n) is 5.41. The standard InChI is InChI=1S/C10H18N2OS/c1-2-12-6-4-10(5-7-12)11-9(13)3-8-14-10/h2-8H2,1H3,(H,11,13). The fraction of sp³-hybridized carbons (Fsp3) is 0.900. The monoisotopic (exact) mass is 214 g/mol.